The molecule has 3 nitrogen and oxygen atoms in total. The fraction of sp³-hybridized carbons (Fsp3) is 0.400. The second kappa shape index (κ2) is 6.74. The number of hydrogen-bond acceptors (Lipinski definition) is 2. The molecule has 0 spiro atoms. The van der Waals surface area contributed by atoms with E-state index >= 15 is 0 Å². The molecule has 2 rings (SSSR count). The lowest BCUT2D eigenvalue weighted by Gasteiger charge is -2.33. The second-order valence-electron chi connectivity index (χ2n) is 4.80. The summed E-state index contributed by atoms with van der Waals surface area (Å²) in [5.74, 6) is 1.95. The summed E-state index contributed by atoms with van der Waals surface area (Å²) in [4.78, 5) is 14.3. The summed E-state index contributed by atoms with van der Waals surface area (Å²) < 4.78 is 13.1. The van der Waals surface area contributed by atoms with Gasteiger partial charge in [-0.1, -0.05) is 23.9 Å². The molecular formula is C15H16ClFN2O. The molecule has 0 saturated carbocycles. The highest BCUT2D eigenvalue weighted by Gasteiger charge is 2.28. The minimum Gasteiger partial charge on any atom is -0.325 e. The SMILES string of the molecule is C#CCN1CCCCC1C(=O)Nc1ccc(F)c(Cl)c1. The summed E-state index contributed by atoms with van der Waals surface area (Å²) >= 11 is 5.70. The number of piperidine rings is 1. The van der Waals surface area contributed by atoms with E-state index in [-0.39, 0.29) is 17.0 Å². The first-order chi connectivity index (χ1) is 9.61. The van der Waals surface area contributed by atoms with E-state index in [2.05, 4.69) is 11.2 Å². The number of benzene rings is 1. The molecule has 1 fully saturated rings. The smallest absolute Gasteiger partial charge is 0.241 e. The second-order valence-corrected chi connectivity index (χ2v) is 5.21. The van der Waals surface area contributed by atoms with Crippen molar-refractivity contribution < 1.29 is 9.18 Å². The molecule has 20 heavy (non-hydrogen) atoms. The van der Waals surface area contributed by atoms with Crippen LogP contribution in [0.15, 0.2) is 18.2 Å². The maximum atomic E-state index is 13.1. The molecule has 1 aliphatic heterocycles. The molecule has 0 bridgehead atoms. The van der Waals surface area contributed by atoms with Crippen LogP contribution in [0.4, 0.5) is 10.1 Å². The first-order valence-electron chi connectivity index (χ1n) is 6.55. The van der Waals surface area contributed by atoms with E-state index in [1.807, 2.05) is 4.90 Å². The topological polar surface area (TPSA) is 32.3 Å². The van der Waals surface area contributed by atoms with Crippen LogP contribution in [0.2, 0.25) is 5.02 Å². The zero-order chi connectivity index (χ0) is 14.5. The van der Waals surface area contributed by atoms with Gasteiger partial charge in [0.25, 0.3) is 0 Å². The van der Waals surface area contributed by atoms with Gasteiger partial charge in [-0.25, -0.2) is 4.39 Å². The molecular weight excluding hydrogens is 279 g/mol. The van der Waals surface area contributed by atoms with Crippen molar-refractivity contribution in [2.45, 2.75) is 25.3 Å². The van der Waals surface area contributed by atoms with Gasteiger partial charge in [-0.3, -0.25) is 9.69 Å². The monoisotopic (exact) mass is 294 g/mol. The van der Waals surface area contributed by atoms with Crippen molar-refractivity contribution in [1.82, 2.24) is 4.90 Å². The zero-order valence-corrected chi connectivity index (χ0v) is 11.8. The van der Waals surface area contributed by atoms with Crippen LogP contribution in [0.3, 0.4) is 0 Å². The van der Waals surface area contributed by atoms with Gasteiger partial charge in [0.05, 0.1) is 17.6 Å². The Morgan fingerprint density at radius 2 is 2.35 bits per heavy atom. The van der Waals surface area contributed by atoms with Crippen LogP contribution >= 0.6 is 11.6 Å². The lowest BCUT2D eigenvalue weighted by molar-refractivity contribution is -0.122. The van der Waals surface area contributed by atoms with Gasteiger partial charge in [0, 0.05) is 5.69 Å². The van der Waals surface area contributed by atoms with E-state index in [4.69, 9.17) is 18.0 Å². The largest absolute Gasteiger partial charge is 0.325 e. The van der Waals surface area contributed by atoms with Gasteiger partial charge in [0.1, 0.15) is 5.82 Å². The molecule has 1 aromatic carbocycles. The summed E-state index contributed by atoms with van der Waals surface area (Å²) in [6.07, 6.45) is 8.16. The highest BCUT2D eigenvalue weighted by Crippen LogP contribution is 2.22. The van der Waals surface area contributed by atoms with Crippen LogP contribution in [0, 0.1) is 18.2 Å². The van der Waals surface area contributed by atoms with Gasteiger partial charge in [-0.15, -0.1) is 6.42 Å². The number of carbonyl (C=O) groups excluding carboxylic acids is 1. The average molecular weight is 295 g/mol. The van der Waals surface area contributed by atoms with Crippen LogP contribution in [0.5, 0.6) is 0 Å². The van der Waals surface area contributed by atoms with Crippen LogP contribution in [0.1, 0.15) is 19.3 Å². The van der Waals surface area contributed by atoms with Crippen LogP contribution < -0.4 is 5.32 Å². The van der Waals surface area contributed by atoms with Crippen molar-refractivity contribution in [2.75, 3.05) is 18.4 Å². The Kier molecular flexibility index (Phi) is 4.99. The average Bonchev–Trinajstić information content (AvgIpc) is 2.44. The number of hydrogen-bond donors (Lipinski definition) is 1. The Hall–Kier alpha value is -1.57. The Bertz CT molecular complexity index is 541. The Morgan fingerprint density at radius 1 is 1.55 bits per heavy atom. The van der Waals surface area contributed by atoms with Crippen molar-refractivity contribution in [3.05, 3.63) is 29.0 Å². The number of terminal acetylenes is 1. The molecule has 1 aliphatic rings. The predicted molar refractivity (Wildman–Crippen MR) is 78.1 cm³/mol. The van der Waals surface area contributed by atoms with Gasteiger partial charge in [0.15, 0.2) is 0 Å². The van der Waals surface area contributed by atoms with E-state index in [9.17, 15) is 9.18 Å². The molecule has 1 heterocycles. The van der Waals surface area contributed by atoms with Crippen molar-refractivity contribution in [3.8, 4) is 12.3 Å². The number of nitrogens with zero attached hydrogens (tertiary/aromatic N) is 1. The molecule has 0 aromatic heterocycles. The normalized spacial score (nSPS) is 19.4. The standard InChI is InChI=1S/C15H16ClFN2O/c1-2-8-19-9-4-3-5-14(19)15(20)18-11-6-7-13(17)12(16)10-11/h1,6-7,10,14H,3-5,8-9H2,(H,18,20). The van der Waals surface area contributed by atoms with Crippen molar-refractivity contribution in [2.24, 2.45) is 0 Å². The highest BCUT2D eigenvalue weighted by atomic mass is 35.5. The number of likely N-dealkylation sites (tertiary alicyclic amines) is 1. The van der Waals surface area contributed by atoms with Crippen molar-refractivity contribution >= 4 is 23.2 Å². The first-order valence-corrected chi connectivity index (χ1v) is 6.93. The predicted octanol–water partition coefficient (Wildman–Crippen LogP) is 2.91. The number of anilines is 1. The van der Waals surface area contributed by atoms with Crippen LogP contribution in [0.25, 0.3) is 0 Å². The molecule has 1 saturated heterocycles. The number of halogens is 2. The van der Waals surface area contributed by atoms with E-state index in [1.165, 1.54) is 18.2 Å². The van der Waals surface area contributed by atoms with E-state index < -0.39 is 5.82 Å². The zero-order valence-electron chi connectivity index (χ0n) is 11.0. The Balaban J connectivity index is 2.06. The number of rotatable bonds is 3. The lowest BCUT2D eigenvalue weighted by Crippen LogP contribution is -2.47. The molecule has 1 unspecified atom stereocenters. The minimum absolute atomic E-state index is 0.00748. The van der Waals surface area contributed by atoms with Gasteiger partial charge in [-0.05, 0) is 37.6 Å². The third-order valence-electron chi connectivity index (χ3n) is 3.40. The van der Waals surface area contributed by atoms with E-state index in [0.29, 0.717) is 12.2 Å². The molecule has 5 heteroatoms. The lowest BCUT2D eigenvalue weighted by atomic mass is 10.0. The fourth-order valence-electron chi connectivity index (χ4n) is 2.39. The van der Waals surface area contributed by atoms with Gasteiger partial charge in [0.2, 0.25) is 5.91 Å². The highest BCUT2D eigenvalue weighted by molar-refractivity contribution is 6.31. The third-order valence-corrected chi connectivity index (χ3v) is 3.69. The summed E-state index contributed by atoms with van der Waals surface area (Å²) in [7, 11) is 0. The quantitative estimate of drug-likeness (QED) is 0.870. The first kappa shape index (κ1) is 14.8. The summed E-state index contributed by atoms with van der Waals surface area (Å²) in [6.45, 7) is 1.29. The summed E-state index contributed by atoms with van der Waals surface area (Å²) in [6, 6.07) is 3.90. The number of nitrogens with one attached hydrogen (secondary N) is 1. The summed E-state index contributed by atoms with van der Waals surface area (Å²) in [5, 5.41) is 2.76. The summed E-state index contributed by atoms with van der Waals surface area (Å²) in [5.41, 5.74) is 0.493. The van der Waals surface area contributed by atoms with Gasteiger partial charge in [-0.2, -0.15) is 0 Å². The fourth-order valence-corrected chi connectivity index (χ4v) is 2.57. The minimum atomic E-state index is -0.503. The van der Waals surface area contributed by atoms with Gasteiger partial charge >= 0.3 is 0 Å². The Labute approximate surface area is 123 Å². The molecule has 0 radical (unpaired) electrons. The third kappa shape index (κ3) is 3.50. The maximum absolute atomic E-state index is 13.1. The number of amides is 1. The number of carbonyl (C=O) groups is 1. The van der Waals surface area contributed by atoms with Crippen molar-refractivity contribution in [3.63, 3.8) is 0 Å². The Morgan fingerprint density at radius 3 is 3.05 bits per heavy atom. The maximum Gasteiger partial charge on any atom is 0.241 e. The molecule has 1 amide bonds. The van der Waals surface area contributed by atoms with Crippen molar-refractivity contribution in [1.29, 1.82) is 0 Å². The van der Waals surface area contributed by atoms with Crippen LogP contribution in [-0.4, -0.2) is 29.9 Å². The van der Waals surface area contributed by atoms with E-state index in [1.54, 1.807) is 0 Å². The van der Waals surface area contributed by atoms with Crippen LogP contribution in [-0.2, 0) is 4.79 Å². The molecule has 106 valence electrons. The molecule has 1 N–H and O–H groups in total. The molecule has 0 aliphatic carbocycles. The van der Waals surface area contributed by atoms with E-state index in [0.717, 1.165) is 25.8 Å². The molecule has 1 aromatic rings. The molecule has 1 atom stereocenters. The van der Waals surface area contributed by atoms with Gasteiger partial charge < -0.3 is 5.32 Å².